The average molecular weight is 440 g/mol. The first-order valence-electron chi connectivity index (χ1n) is 9.97. The van der Waals surface area contributed by atoms with E-state index < -0.39 is 47.2 Å². The summed E-state index contributed by atoms with van der Waals surface area (Å²) in [5, 5.41) is 21.3. The van der Waals surface area contributed by atoms with E-state index in [0.717, 1.165) is 0 Å². The number of alkyl carbamates (subject to hydrolysis) is 1. The molecule has 0 saturated heterocycles. The van der Waals surface area contributed by atoms with Gasteiger partial charge in [-0.15, -0.1) is 0 Å². The highest BCUT2D eigenvalue weighted by atomic mass is 16.5. The zero-order valence-corrected chi connectivity index (χ0v) is 17.2. The smallest absolute Gasteiger partial charge is 0.408 e. The second-order valence-corrected chi connectivity index (χ2v) is 7.97. The van der Waals surface area contributed by atoms with Crippen molar-refractivity contribution in [2.75, 3.05) is 0 Å². The number of carboxylic acid groups (broad SMARTS) is 2. The number of nitrogens with two attached hydrogens (primary N) is 1. The molecule has 3 rings (SSSR count). The van der Waals surface area contributed by atoms with E-state index in [1.54, 1.807) is 60.7 Å². The third-order valence-corrected chi connectivity index (χ3v) is 5.55. The lowest BCUT2D eigenvalue weighted by molar-refractivity contribution is -0.143. The predicted molar refractivity (Wildman–Crippen MR) is 113 cm³/mol. The predicted octanol–water partition coefficient (Wildman–Crippen LogP) is 1.74. The summed E-state index contributed by atoms with van der Waals surface area (Å²) in [6, 6.07) is 17.4. The number of Topliss-reactive ketones (excluding diaryl/α,β-unsaturated/α-hetero) is 1. The molecule has 1 saturated carbocycles. The third kappa shape index (κ3) is 5.12. The van der Waals surface area contributed by atoms with Crippen LogP contribution in [-0.4, -0.2) is 45.1 Å². The van der Waals surface area contributed by atoms with E-state index in [2.05, 4.69) is 5.32 Å². The Morgan fingerprint density at radius 2 is 1.56 bits per heavy atom. The van der Waals surface area contributed by atoms with Gasteiger partial charge in [-0.05, 0) is 17.5 Å². The molecule has 0 spiro atoms. The van der Waals surface area contributed by atoms with Crippen molar-refractivity contribution in [1.29, 1.82) is 0 Å². The molecule has 0 aliphatic heterocycles. The van der Waals surface area contributed by atoms with E-state index in [1.165, 1.54) is 0 Å². The van der Waals surface area contributed by atoms with Crippen LogP contribution < -0.4 is 11.1 Å². The molecule has 0 aromatic heterocycles. The summed E-state index contributed by atoms with van der Waals surface area (Å²) in [5.74, 6) is -4.56. The molecule has 1 aliphatic rings. The molecule has 9 heteroatoms. The Kier molecular flexibility index (Phi) is 6.59. The van der Waals surface area contributed by atoms with Gasteiger partial charge < -0.3 is 26.0 Å². The maximum absolute atomic E-state index is 13.4. The Labute approximate surface area is 184 Å². The quantitative estimate of drug-likeness (QED) is 0.435. The lowest BCUT2D eigenvalue weighted by Gasteiger charge is -2.32. The van der Waals surface area contributed by atoms with Gasteiger partial charge in [-0.2, -0.15) is 0 Å². The van der Waals surface area contributed by atoms with Gasteiger partial charge in [-0.25, -0.2) is 4.79 Å². The highest BCUT2D eigenvalue weighted by Gasteiger charge is 2.65. The number of carboxylic acids is 2. The van der Waals surface area contributed by atoms with Crippen LogP contribution in [0, 0.1) is 5.92 Å². The van der Waals surface area contributed by atoms with Gasteiger partial charge in [-0.3, -0.25) is 14.4 Å². The summed E-state index contributed by atoms with van der Waals surface area (Å²) in [6.45, 7) is -0.0886. The molecule has 168 valence electrons. The van der Waals surface area contributed by atoms with Crippen molar-refractivity contribution < 1.29 is 34.1 Å². The second kappa shape index (κ2) is 9.19. The fourth-order valence-electron chi connectivity index (χ4n) is 3.72. The van der Waals surface area contributed by atoms with E-state index in [1.807, 2.05) is 0 Å². The van der Waals surface area contributed by atoms with Crippen molar-refractivity contribution in [1.82, 2.24) is 5.32 Å². The molecule has 2 aromatic carbocycles. The minimum absolute atomic E-state index is 0.0886. The summed E-state index contributed by atoms with van der Waals surface area (Å²) in [4.78, 5) is 49.2. The third-order valence-electron chi connectivity index (χ3n) is 5.55. The van der Waals surface area contributed by atoms with Crippen LogP contribution in [0.1, 0.15) is 24.0 Å². The molecule has 0 heterocycles. The molecule has 0 radical (unpaired) electrons. The second-order valence-electron chi connectivity index (χ2n) is 7.97. The lowest BCUT2D eigenvalue weighted by atomic mass is 9.80. The monoisotopic (exact) mass is 440 g/mol. The molecule has 1 aliphatic carbocycles. The molecule has 1 amide bonds. The summed E-state index contributed by atoms with van der Waals surface area (Å²) < 4.78 is 5.21. The van der Waals surface area contributed by atoms with Gasteiger partial charge in [0.2, 0.25) is 0 Å². The number of rotatable bonds is 10. The first-order chi connectivity index (χ1) is 15.2. The number of aliphatic carboxylic acids is 2. The Morgan fingerprint density at radius 3 is 2.06 bits per heavy atom. The Balaban J connectivity index is 1.88. The number of nitrogens with one attached hydrogen (secondary N) is 1. The van der Waals surface area contributed by atoms with Gasteiger partial charge in [0.1, 0.15) is 17.7 Å². The summed E-state index contributed by atoms with van der Waals surface area (Å²) in [5.41, 5.74) is 3.39. The molecule has 2 unspecified atom stereocenters. The van der Waals surface area contributed by atoms with Crippen molar-refractivity contribution in [2.24, 2.45) is 11.7 Å². The average Bonchev–Trinajstić information content (AvgIpc) is 3.45. The van der Waals surface area contributed by atoms with Crippen LogP contribution in [0.3, 0.4) is 0 Å². The number of amides is 1. The minimum atomic E-state index is -1.93. The van der Waals surface area contributed by atoms with E-state index in [4.69, 9.17) is 10.5 Å². The van der Waals surface area contributed by atoms with E-state index in [0.29, 0.717) is 11.1 Å². The maximum atomic E-state index is 13.4. The van der Waals surface area contributed by atoms with Gasteiger partial charge in [0.05, 0.1) is 12.3 Å². The van der Waals surface area contributed by atoms with Crippen molar-refractivity contribution >= 4 is 23.8 Å². The van der Waals surface area contributed by atoms with Gasteiger partial charge in [0.15, 0.2) is 5.78 Å². The highest BCUT2D eigenvalue weighted by Crippen LogP contribution is 2.45. The molecular weight excluding hydrogens is 416 g/mol. The zero-order chi connectivity index (χ0) is 23.4. The first-order valence-corrected chi connectivity index (χ1v) is 9.97. The largest absolute Gasteiger partial charge is 0.481 e. The molecule has 3 atom stereocenters. The highest BCUT2D eigenvalue weighted by molar-refractivity contribution is 6.04. The summed E-state index contributed by atoms with van der Waals surface area (Å²) in [6.07, 6.45) is -2.05. The number of hydrogen-bond acceptors (Lipinski definition) is 6. The minimum Gasteiger partial charge on any atom is -0.481 e. The lowest BCUT2D eigenvalue weighted by Crippen LogP contribution is -2.59. The van der Waals surface area contributed by atoms with Crippen LogP contribution >= 0.6 is 0 Å². The molecule has 32 heavy (non-hydrogen) atoms. The van der Waals surface area contributed by atoms with Crippen molar-refractivity contribution in [3.8, 4) is 0 Å². The molecule has 5 N–H and O–H groups in total. The number of carbonyl (C=O) groups is 4. The van der Waals surface area contributed by atoms with Gasteiger partial charge in [-0.1, -0.05) is 60.7 Å². The van der Waals surface area contributed by atoms with Gasteiger partial charge >= 0.3 is 18.0 Å². The molecule has 1 fully saturated rings. The van der Waals surface area contributed by atoms with Crippen LogP contribution in [-0.2, 0) is 32.1 Å². The number of benzene rings is 2. The fraction of sp³-hybridized carbons (Fsp3) is 0.304. The normalized spacial score (nSPS) is 21.1. The Morgan fingerprint density at radius 1 is 1.00 bits per heavy atom. The van der Waals surface area contributed by atoms with E-state index in [9.17, 15) is 29.4 Å². The molecule has 2 aromatic rings. The Bertz CT molecular complexity index is 1010. The Hall–Kier alpha value is -3.72. The van der Waals surface area contributed by atoms with Crippen molar-refractivity contribution in [3.63, 3.8) is 0 Å². The van der Waals surface area contributed by atoms with Crippen LogP contribution in [0.15, 0.2) is 60.7 Å². The number of ether oxygens (including phenoxy) is 1. The molecule has 0 bridgehead atoms. The fourth-order valence-corrected chi connectivity index (χ4v) is 3.72. The van der Waals surface area contributed by atoms with E-state index >= 15 is 0 Å². The topological polar surface area (TPSA) is 156 Å². The van der Waals surface area contributed by atoms with Gasteiger partial charge in [0, 0.05) is 6.42 Å². The molecular formula is C23H24N2O7. The van der Waals surface area contributed by atoms with E-state index in [-0.39, 0.29) is 19.4 Å². The maximum Gasteiger partial charge on any atom is 0.408 e. The molecule has 9 nitrogen and oxygen atoms in total. The number of hydrogen-bond donors (Lipinski definition) is 4. The van der Waals surface area contributed by atoms with Gasteiger partial charge in [0.25, 0.3) is 0 Å². The SMILES string of the molecule is NC1(C(=O)O)CC1C(=O)[C@@](CC(=O)O)(Cc1ccccc1)NC(=O)OCc1ccccc1. The van der Waals surface area contributed by atoms with Crippen LogP contribution in [0.5, 0.6) is 0 Å². The van der Waals surface area contributed by atoms with Crippen LogP contribution in [0.25, 0.3) is 0 Å². The van der Waals surface area contributed by atoms with Crippen LogP contribution in [0.4, 0.5) is 4.79 Å². The standard InChI is InChI=1S/C23H24N2O7/c24-23(20(29)30)12-17(23)19(28)22(13-18(26)27,11-15-7-3-1-4-8-15)25-21(31)32-14-16-9-5-2-6-10-16/h1-10,17H,11-14,24H2,(H,25,31)(H,26,27)(H,29,30)/t17?,22-,23?/m0/s1. The van der Waals surface area contributed by atoms with Crippen LogP contribution in [0.2, 0.25) is 0 Å². The number of ketones is 1. The van der Waals surface area contributed by atoms with Crippen molar-refractivity contribution in [3.05, 3.63) is 71.8 Å². The number of carbonyl (C=O) groups excluding carboxylic acids is 2. The zero-order valence-electron chi connectivity index (χ0n) is 17.2. The first kappa shape index (κ1) is 23.0. The summed E-state index contributed by atoms with van der Waals surface area (Å²) in [7, 11) is 0. The van der Waals surface area contributed by atoms with Crippen molar-refractivity contribution in [2.45, 2.75) is 36.9 Å². The summed E-state index contributed by atoms with van der Waals surface area (Å²) >= 11 is 0.